The average molecular weight is 534 g/mol. The van der Waals surface area contributed by atoms with Crippen LogP contribution in [-0.4, -0.2) is 55.2 Å². The Morgan fingerprint density at radius 3 is 2.65 bits per heavy atom. The highest BCUT2D eigenvalue weighted by molar-refractivity contribution is 6.00. The van der Waals surface area contributed by atoms with Crippen LogP contribution in [0.4, 0.5) is 4.39 Å². The summed E-state index contributed by atoms with van der Waals surface area (Å²) < 4.78 is 19.6. The van der Waals surface area contributed by atoms with E-state index in [0.29, 0.717) is 22.7 Å². The van der Waals surface area contributed by atoms with Crippen LogP contribution in [0, 0.1) is 5.82 Å². The molecule has 0 atom stereocenters. The van der Waals surface area contributed by atoms with E-state index in [4.69, 9.17) is 4.74 Å². The van der Waals surface area contributed by atoms with Gasteiger partial charge in [-0.05, 0) is 67.9 Å². The lowest BCUT2D eigenvalue weighted by Gasteiger charge is -2.26. The number of hydrogen-bond donors (Lipinski definition) is 2. The number of H-pyrrole nitrogens is 2. The monoisotopic (exact) mass is 533 g/mol. The lowest BCUT2D eigenvalue weighted by Crippen LogP contribution is -2.29. The lowest BCUT2D eigenvalue weighted by atomic mass is 10.0. The van der Waals surface area contributed by atoms with E-state index < -0.39 is 0 Å². The predicted molar refractivity (Wildman–Crippen MR) is 153 cm³/mol. The Morgan fingerprint density at radius 1 is 0.900 bits per heavy atom. The molecule has 7 rings (SSSR count). The van der Waals surface area contributed by atoms with Crippen molar-refractivity contribution < 1.29 is 9.13 Å². The molecular formula is C31H28FN7O. The highest BCUT2D eigenvalue weighted by Crippen LogP contribution is 2.35. The van der Waals surface area contributed by atoms with Gasteiger partial charge in [-0.3, -0.25) is 20.0 Å². The van der Waals surface area contributed by atoms with Gasteiger partial charge in [0.05, 0.1) is 24.2 Å². The van der Waals surface area contributed by atoms with E-state index in [2.05, 4.69) is 47.2 Å². The normalized spacial score (nSPS) is 14.2. The first-order valence-electron chi connectivity index (χ1n) is 13.5. The summed E-state index contributed by atoms with van der Waals surface area (Å²) in [5, 5.41) is 9.37. The molecule has 5 aromatic heterocycles. The summed E-state index contributed by atoms with van der Waals surface area (Å²) in [5.41, 5.74) is 7.68. The average Bonchev–Trinajstić information content (AvgIpc) is 3.61. The molecule has 200 valence electrons. The van der Waals surface area contributed by atoms with Gasteiger partial charge in [-0.2, -0.15) is 5.10 Å². The van der Waals surface area contributed by atoms with E-state index in [0.717, 1.165) is 58.4 Å². The summed E-state index contributed by atoms with van der Waals surface area (Å²) in [7, 11) is 1.52. The summed E-state index contributed by atoms with van der Waals surface area (Å²) in [6.45, 7) is 3.20. The summed E-state index contributed by atoms with van der Waals surface area (Å²) in [4.78, 5) is 19.7. The summed E-state index contributed by atoms with van der Waals surface area (Å²) >= 11 is 0. The maximum atomic E-state index is 14.3. The molecule has 0 bridgehead atoms. The number of aromatic amines is 2. The molecule has 0 unspecified atom stereocenters. The number of rotatable bonds is 6. The highest BCUT2D eigenvalue weighted by Gasteiger charge is 2.17. The number of benzene rings is 1. The van der Waals surface area contributed by atoms with Gasteiger partial charge in [0, 0.05) is 70.4 Å². The van der Waals surface area contributed by atoms with Gasteiger partial charge in [-0.1, -0.05) is 6.42 Å². The molecule has 6 heterocycles. The van der Waals surface area contributed by atoms with Crippen molar-refractivity contribution in [3.8, 4) is 39.5 Å². The molecule has 40 heavy (non-hydrogen) atoms. The van der Waals surface area contributed by atoms with Gasteiger partial charge in [-0.15, -0.1) is 0 Å². The van der Waals surface area contributed by atoms with Crippen molar-refractivity contribution in [2.75, 3.05) is 20.2 Å². The zero-order valence-corrected chi connectivity index (χ0v) is 22.1. The largest absolute Gasteiger partial charge is 0.497 e. The third-order valence-corrected chi connectivity index (χ3v) is 7.59. The van der Waals surface area contributed by atoms with Crippen molar-refractivity contribution in [1.82, 2.24) is 35.0 Å². The van der Waals surface area contributed by atoms with Gasteiger partial charge in [0.1, 0.15) is 11.6 Å². The third kappa shape index (κ3) is 4.58. The Kier molecular flexibility index (Phi) is 6.20. The van der Waals surface area contributed by atoms with Crippen molar-refractivity contribution in [3.05, 3.63) is 78.6 Å². The van der Waals surface area contributed by atoms with E-state index in [1.165, 1.54) is 44.1 Å². The molecule has 1 aliphatic heterocycles. The first-order valence-corrected chi connectivity index (χ1v) is 13.5. The second-order valence-electron chi connectivity index (χ2n) is 10.3. The SMILES string of the molecule is COc1cc(F)cc(-c2nccc3[nH]c(-c4[nH]nc5ncc(-c6cncc(CN7CCCCC7)c6)cc45)cc23)c1. The van der Waals surface area contributed by atoms with Crippen LogP contribution in [-0.2, 0) is 6.54 Å². The molecule has 2 N–H and O–H groups in total. The fraction of sp³-hybridized carbons (Fsp3) is 0.226. The third-order valence-electron chi connectivity index (χ3n) is 7.59. The van der Waals surface area contributed by atoms with Crippen LogP contribution in [0.2, 0.25) is 0 Å². The van der Waals surface area contributed by atoms with E-state index >= 15 is 0 Å². The maximum absolute atomic E-state index is 14.3. The van der Waals surface area contributed by atoms with Crippen LogP contribution >= 0.6 is 0 Å². The molecular weight excluding hydrogens is 505 g/mol. The molecule has 0 spiro atoms. The standard InChI is InChI=1S/C31H28FN7O/c1-40-24-11-20(10-23(32)13-24)29-25-14-28(36-27(25)5-6-34-29)30-26-12-22(17-35-31(26)38-37-30)21-9-19(15-33-16-21)18-39-7-3-2-4-8-39/h5-6,9-17,36H,2-4,7-8,18H2,1H3,(H,35,37,38). The molecule has 0 radical (unpaired) electrons. The number of hydrogen-bond acceptors (Lipinski definition) is 6. The van der Waals surface area contributed by atoms with Gasteiger partial charge in [0.25, 0.3) is 0 Å². The van der Waals surface area contributed by atoms with Gasteiger partial charge in [-0.25, -0.2) is 9.37 Å². The number of halogens is 1. The number of methoxy groups -OCH3 is 1. The van der Waals surface area contributed by atoms with Crippen molar-refractivity contribution >= 4 is 21.9 Å². The summed E-state index contributed by atoms with van der Waals surface area (Å²) in [6, 6.07) is 12.8. The number of nitrogens with one attached hydrogen (secondary N) is 2. The number of pyridine rings is 3. The maximum Gasteiger partial charge on any atom is 0.181 e. The number of ether oxygens (including phenoxy) is 1. The van der Waals surface area contributed by atoms with Crippen LogP contribution in [0.1, 0.15) is 24.8 Å². The van der Waals surface area contributed by atoms with E-state index in [1.807, 2.05) is 30.7 Å². The molecule has 0 amide bonds. The summed E-state index contributed by atoms with van der Waals surface area (Å²) in [6.07, 6.45) is 11.2. The summed E-state index contributed by atoms with van der Waals surface area (Å²) in [5.74, 6) is 0.0637. The van der Waals surface area contributed by atoms with Crippen LogP contribution in [0.15, 0.2) is 67.3 Å². The van der Waals surface area contributed by atoms with Crippen molar-refractivity contribution in [1.29, 1.82) is 0 Å². The molecule has 0 aliphatic carbocycles. The number of likely N-dealkylation sites (tertiary alicyclic amines) is 1. The minimum Gasteiger partial charge on any atom is -0.497 e. The minimum absolute atomic E-state index is 0.378. The second kappa shape index (κ2) is 10.2. The highest BCUT2D eigenvalue weighted by atomic mass is 19.1. The lowest BCUT2D eigenvalue weighted by molar-refractivity contribution is 0.220. The van der Waals surface area contributed by atoms with Gasteiger partial charge in [0.15, 0.2) is 5.65 Å². The molecule has 1 saturated heterocycles. The number of aromatic nitrogens is 6. The smallest absolute Gasteiger partial charge is 0.181 e. The Morgan fingerprint density at radius 2 is 1.77 bits per heavy atom. The Labute approximate surface area is 230 Å². The van der Waals surface area contributed by atoms with E-state index in [9.17, 15) is 4.39 Å². The molecule has 1 aliphatic rings. The Hall–Kier alpha value is -4.63. The van der Waals surface area contributed by atoms with Crippen LogP contribution in [0.5, 0.6) is 5.75 Å². The number of fused-ring (bicyclic) bond motifs is 2. The first kappa shape index (κ1) is 24.4. The van der Waals surface area contributed by atoms with Crippen LogP contribution < -0.4 is 4.74 Å². The quantitative estimate of drug-likeness (QED) is 0.259. The zero-order valence-electron chi connectivity index (χ0n) is 22.1. The van der Waals surface area contributed by atoms with Crippen molar-refractivity contribution in [2.45, 2.75) is 25.8 Å². The molecule has 0 saturated carbocycles. The molecule has 1 aromatic carbocycles. The Bertz CT molecular complexity index is 1840. The van der Waals surface area contributed by atoms with E-state index in [-0.39, 0.29) is 5.82 Å². The van der Waals surface area contributed by atoms with Crippen molar-refractivity contribution in [2.24, 2.45) is 0 Å². The predicted octanol–water partition coefficient (Wildman–Crippen LogP) is 6.36. The van der Waals surface area contributed by atoms with Crippen molar-refractivity contribution in [3.63, 3.8) is 0 Å². The minimum atomic E-state index is -0.378. The Balaban J connectivity index is 1.26. The van der Waals surface area contributed by atoms with Gasteiger partial charge in [0.2, 0.25) is 0 Å². The molecule has 1 fully saturated rings. The number of piperidine rings is 1. The molecule has 9 heteroatoms. The van der Waals surface area contributed by atoms with Gasteiger partial charge < -0.3 is 9.72 Å². The molecule has 6 aromatic rings. The van der Waals surface area contributed by atoms with Crippen LogP contribution in [0.3, 0.4) is 0 Å². The molecule has 8 nitrogen and oxygen atoms in total. The number of nitrogens with zero attached hydrogens (tertiary/aromatic N) is 5. The van der Waals surface area contributed by atoms with E-state index in [1.54, 1.807) is 12.3 Å². The zero-order chi connectivity index (χ0) is 27.1. The van der Waals surface area contributed by atoms with Gasteiger partial charge >= 0.3 is 0 Å². The second-order valence-corrected chi connectivity index (χ2v) is 10.3. The topological polar surface area (TPSA) is 95.6 Å². The van der Waals surface area contributed by atoms with Crippen LogP contribution in [0.25, 0.3) is 55.7 Å². The first-order chi connectivity index (χ1) is 19.6. The fourth-order valence-electron chi connectivity index (χ4n) is 5.61. The fourth-order valence-corrected chi connectivity index (χ4v) is 5.61.